The van der Waals surface area contributed by atoms with E-state index in [-0.39, 0.29) is 17.2 Å². The van der Waals surface area contributed by atoms with Crippen molar-refractivity contribution in [3.8, 4) is 0 Å². The molecule has 122 valence electrons. The Hall–Kier alpha value is -2.77. The third kappa shape index (κ3) is 4.35. The molecule has 1 aromatic heterocycles. The number of aromatic nitrogens is 1. The number of pyridine rings is 1. The molecule has 0 spiro atoms. The molecule has 1 aromatic carbocycles. The van der Waals surface area contributed by atoms with Crippen molar-refractivity contribution in [2.24, 2.45) is 5.92 Å². The van der Waals surface area contributed by atoms with Gasteiger partial charge in [0.15, 0.2) is 11.6 Å². The zero-order valence-corrected chi connectivity index (χ0v) is 12.6. The molecule has 0 aliphatic rings. The van der Waals surface area contributed by atoms with Crippen molar-refractivity contribution in [3.05, 3.63) is 52.1 Å². The summed E-state index contributed by atoms with van der Waals surface area (Å²) in [6.07, 6.45) is 0. The highest BCUT2D eigenvalue weighted by Crippen LogP contribution is 2.27. The van der Waals surface area contributed by atoms with E-state index in [1.165, 1.54) is 18.2 Å². The first kappa shape index (κ1) is 16.6. The summed E-state index contributed by atoms with van der Waals surface area (Å²) in [4.78, 5) is 14.6. The van der Waals surface area contributed by atoms with Crippen LogP contribution < -0.4 is 10.6 Å². The van der Waals surface area contributed by atoms with E-state index >= 15 is 0 Å². The van der Waals surface area contributed by atoms with Crippen LogP contribution in [-0.2, 0) is 0 Å². The van der Waals surface area contributed by atoms with Crippen LogP contribution in [0.3, 0.4) is 0 Å². The Kier molecular flexibility index (Phi) is 5.05. The molecule has 2 rings (SSSR count). The van der Waals surface area contributed by atoms with Crippen molar-refractivity contribution in [2.75, 3.05) is 17.2 Å². The van der Waals surface area contributed by atoms with Gasteiger partial charge in [0, 0.05) is 24.4 Å². The second kappa shape index (κ2) is 6.99. The molecule has 1 heterocycles. The molecule has 0 saturated heterocycles. The molecule has 0 fully saturated rings. The van der Waals surface area contributed by atoms with Crippen LogP contribution in [-0.4, -0.2) is 16.5 Å². The van der Waals surface area contributed by atoms with Crippen molar-refractivity contribution in [3.63, 3.8) is 0 Å². The molecule has 0 aliphatic heterocycles. The Bertz CT molecular complexity index is 723. The monoisotopic (exact) mass is 322 g/mol. The van der Waals surface area contributed by atoms with Crippen molar-refractivity contribution < 1.29 is 13.7 Å². The Morgan fingerprint density at radius 1 is 1.22 bits per heavy atom. The normalized spacial score (nSPS) is 10.7. The van der Waals surface area contributed by atoms with E-state index < -0.39 is 16.6 Å². The molecule has 2 N–H and O–H groups in total. The smallest absolute Gasteiger partial charge is 0.311 e. The molecule has 8 heteroatoms. The van der Waals surface area contributed by atoms with Gasteiger partial charge in [-0.15, -0.1) is 0 Å². The van der Waals surface area contributed by atoms with Crippen LogP contribution in [0.1, 0.15) is 13.8 Å². The van der Waals surface area contributed by atoms with Crippen LogP contribution in [0.25, 0.3) is 0 Å². The van der Waals surface area contributed by atoms with Gasteiger partial charge in [0.1, 0.15) is 5.82 Å². The first-order chi connectivity index (χ1) is 10.9. The van der Waals surface area contributed by atoms with Crippen molar-refractivity contribution in [1.82, 2.24) is 4.98 Å². The molecule has 0 bridgehead atoms. The number of nitrogens with one attached hydrogen (secondary N) is 2. The van der Waals surface area contributed by atoms with Crippen LogP contribution >= 0.6 is 0 Å². The maximum Gasteiger partial charge on any atom is 0.311 e. The number of halogens is 2. The Labute approximate surface area is 131 Å². The highest BCUT2D eigenvalue weighted by atomic mass is 19.2. The van der Waals surface area contributed by atoms with E-state index in [2.05, 4.69) is 15.6 Å². The van der Waals surface area contributed by atoms with Crippen molar-refractivity contribution >= 4 is 23.0 Å². The highest BCUT2D eigenvalue weighted by Gasteiger charge is 2.17. The Morgan fingerprint density at radius 2 is 1.96 bits per heavy atom. The quantitative estimate of drug-likeness (QED) is 0.619. The summed E-state index contributed by atoms with van der Waals surface area (Å²) in [6, 6.07) is 5.92. The van der Waals surface area contributed by atoms with Gasteiger partial charge < -0.3 is 10.6 Å². The second-order valence-corrected chi connectivity index (χ2v) is 5.35. The molecule has 2 aromatic rings. The number of rotatable bonds is 6. The van der Waals surface area contributed by atoms with Crippen LogP contribution in [0.5, 0.6) is 0 Å². The first-order valence-corrected chi connectivity index (χ1v) is 6.98. The highest BCUT2D eigenvalue weighted by molar-refractivity contribution is 5.67. The minimum atomic E-state index is -1.05. The van der Waals surface area contributed by atoms with Crippen LogP contribution in [0.15, 0.2) is 30.3 Å². The summed E-state index contributed by atoms with van der Waals surface area (Å²) in [6.45, 7) is 4.67. The average Bonchev–Trinajstić information content (AvgIpc) is 2.49. The second-order valence-electron chi connectivity index (χ2n) is 5.35. The third-order valence-electron chi connectivity index (χ3n) is 2.94. The first-order valence-electron chi connectivity index (χ1n) is 6.98. The number of benzene rings is 1. The Morgan fingerprint density at radius 3 is 2.57 bits per heavy atom. The molecular formula is C15H16F2N4O2. The van der Waals surface area contributed by atoms with E-state index in [9.17, 15) is 18.9 Å². The SMILES string of the molecule is CC(C)CNc1ccc([N+](=O)[O-])c(Nc2ccc(F)c(F)c2)n1. The van der Waals surface area contributed by atoms with E-state index in [4.69, 9.17) is 0 Å². The van der Waals surface area contributed by atoms with E-state index in [0.717, 1.165) is 12.1 Å². The van der Waals surface area contributed by atoms with E-state index in [1.54, 1.807) is 0 Å². The molecule has 0 atom stereocenters. The predicted octanol–water partition coefficient (Wildman–Crippen LogP) is 4.08. The lowest BCUT2D eigenvalue weighted by molar-refractivity contribution is -0.384. The van der Waals surface area contributed by atoms with Gasteiger partial charge >= 0.3 is 5.69 Å². The van der Waals surface area contributed by atoms with Crippen LogP contribution in [0.2, 0.25) is 0 Å². The van der Waals surface area contributed by atoms with Gasteiger partial charge in [0.25, 0.3) is 0 Å². The van der Waals surface area contributed by atoms with Gasteiger partial charge in [-0.05, 0) is 24.1 Å². The Balaban J connectivity index is 2.31. The lowest BCUT2D eigenvalue weighted by atomic mass is 10.2. The van der Waals surface area contributed by atoms with Gasteiger partial charge in [0.2, 0.25) is 5.82 Å². The molecule has 0 unspecified atom stereocenters. The number of hydrogen-bond acceptors (Lipinski definition) is 5. The number of anilines is 3. The van der Waals surface area contributed by atoms with Crippen LogP contribution in [0.4, 0.5) is 31.8 Å². The predicted molar refractivity (Wildman–Crippen MR) is 83.9 cm³/mol. The van der Waals surface area contributed by atoms with Gasteiger partial charge in [-0.1, -0.05) is 13.8 Å². The largest absolute Gasteiger partial charge is 0.370 e. The lowest BCUT2D eigenvalue weighted by Crippen LogP contribution is -2.10. The topological polar surface area (TPSA) is 80.1 Å². The van der Waals surface area contributed by atoms with Gasteiger partial charge in [-0.3, -0.25) is 10.1 Å². The summed E-state index contributed by atoms with van der Waals surface area (Å²) in [7, 11) is 0. The van der Waals surface area contributed by atoms with E-state index in [0.29, 0.717) is 18.3 Å². The summed E-state index contributed by atoms with van der Waals surface area (Å²) in [5.41, 5.74) is -0.0923. The van der Waals surface area contributed by atoms with Crippen molar-refractivity contribution in [2.45, 2.75) is 13.8 Å². The standard InChI is InChI=1S/C15H16F2N4O2/c1-9(2)8-18-14-6-5-13(21(22)23)15(20-14)19-10-3-4-11(16)12(17)7-10/h3-7,9H,8H2,1-2H3,(H2,18,19,20). The summed E-state index contributed by atoms with van der Waals surface area (Å²) in [5, 5.41) is 16.8. The molecular weight excluding hydrogens is 306 g/mol. The average molecular weight is 322 g/mol. The maximum atomic E-state index is 13.2. The zero-order valence-electron chi connectivity index (χ0n) is 12.6. The van der Waals surface area contributed by atoms with Gasteiger partial charge in [0.05, 0.1) is 4.92 Å². The van der Waals surface area contributed by atoms with Crippen molar-refractivity contribution in [1.29, 1.82) is 0 Å². The minimum absolute atomic E-state index is 0.0465. The number of nitro groups is 1. The molecule has 23 heavy (non-hydrogen) atoms. The lowest BCUT2D eigenvalue weighted by Gasteiger charge is -2.11. The fraction of sp³-hybridized carbons (Fsp3) is 0.267. The molecule has 0 saturated carbocycles. The number of hydrogen-bond donors (Lipinski definition) is 2. The summed E-state index contributed by atoms with van der Waals surface area (Å²) in [5.74, 6) is -1.27. The van der Waals surface area contributed by atoms with Crippen LogP contribution in [0, 0.1) is 27.7 Å². The maximum absolute atomic E-state index is 13.2. The fourth-order valence-corrected chi connectivity index (χ4v) is 1.81. The molecule has 0 amide bonds. The minimum Gasteiger partial charge on any atom is -0.370 e. The zero-order chi connectivity index (χ0) is 17.0. The molecule has 6 nitrogen and oxygen atoms in total. The molecule has 0 radical (unpaired) electrons. The van der Waals surface area contributed by atoms with Gasteiger partial charge in [-0.2, -0.15) is 0 Å². The molecule has 0 aliphatic carbocycles. The third-order valence-corrected chi connectivity index (χ3v) is 2.94. The van der Waals surface area contributed by atoms with E-state index in [1.807, 2.05) is 13.8 Å². The fourth-order valence-electron chi connectivity index (χ4n) is 1.81. The summed E-state index contributed by atoms with van der Waals surface area (Å²) < 4.78 is 26.2. The number of nitrogens with zero attached hydrogens (tertiary/aromatic N) is 2. The van der Waals surface area contributed by atoms with Gasteiger partial charge in [-0.25, -0.2) is 13.8 Å². The summed E-state index contributed by atoms with van der Waals surface area (Å²) >= 11 is 0.